The Balaban J connectivity index is 2.16. The van der Waals surface area contributed by atoms with Crippen molar-refractivity contribution >= 4 is 12.1 Å². The highest BCUT2D eigenvalue weighted by Crippen LogP contribution is 2.37. The fourth-order valence-corrected chi connectivity index (χ4v) is 3.16. The molecule has 1 aromatic rings. The molecule has 1 saturated heterocycles. The number of methoxy groups -OCH3 is 1. The van der Waals surface area contributed by atoms with Crippen molar-refractivity contribution in [2.75, 3.05) is 20.2 Å². The Labute approximate surface area is 152 Å². The number of carbonyl (C=O) groups is 2. The van der Waals surface area contributed by atoms with Crippen molar-refractivity contribution in [1.29, 1.82) is 0 Å². The molecule has 26 heavy (non-hydrogen) atoms. The minimum Gasteiger partial charge on any atom is -0.469 e. The van der Waals surface area contributed by atoms with E-state index < -0.39 is 34.7 Å². The van der Waals surface area contributed by atoms with Gasteiger partial charge in [-0.3, -0.25) is 4.79 Å². The molecule has 0 radical (unpaired) electrons. The SMILES string of the molecule is COC(=O)C1(Cc2cc(F)ccc2F)CCN(C(=O)OC(C)(C)C)CC1. The van der Waals surface area contributed by atoms with Crippen LogP contribution in [0.1, 0.15) is 39.2 Å². The highest BCUT2D eigenvalue weighted by atomic mass is 19.1. The number of piperidine rings is 1. The fraction of sp³-hybridized carbons (Fsp3) is 0.579. The van der Waals surface area contributed by atoms with Crippen molar-refractivity contribution in [2.45, 2.75) is 45.6 Å². The summed E-state index contributed by atoms with van der Waals surface area (Å²) in [6, 6.07) is 3.18. The van der Waals surface area contributed by atoms with Crippen LogP contribution in [0.3, 0.4) is 0 Å². The third-order valence-corrected chi connectivity index (χ3v) is 4.53. The molecule has 1 heterocycles. The maximum Gasteiger partial charge on any atom is 0.410 e. The van der Waals surface area contributed by atoms with Gasteiger partial charge < -0.3 is 14.4 Å². The molecule has 0 aliphatic carbocycles. The highest BCUT2D eigenvalue weighted by Gasteiger charge is 2.44. The minimum atomic E-state index is -0.998. The summed E-state index contributed by atoms with van der Waals surface area (Å²) in [5, 5.41) is 0. The van der Waals surface area contributed by atoms with E-state index in [0.29, 0.717) is 0 Å². The highest BCUT2D eigenvalue weighted by molar-refractivity contribution is 5.78. The van der Waals surface area contributed by atoms with E-state index >= 15 is 0 Å². The second-order valence-electron chi connectivity index (χ2n) is 7.65. The monoisotopic (exact) mass is 369 g/mol. The molecular formula is C19H25F2NO4. The van der Waals surface area contributed by atoms with Crippen LogP contribution in [0.25, 0.3) is 0 Å². The molecule has 0 unspecified atom stereocenters. The third-order valence-electron chi connectivity index (χ3n) is 4.53. The van der Waals surface area contributed by atoms with E-state index in [1.54, 1.807) is 20.8 Å². The summed E-state index contributed by atoms with van der Waals surface area (Å²) in [4.78, 5) is 26.1. The molecule has 0 N–H and O–H groups in total. The number of rotatable bonds is 3. The van der Waals surface area contributed by atoms with Crippen LogP contribution in [0.4, 0.5) is 13.6 Å². The number of hydrogen-bond donors (Lipinski definition) is 0. The lowest BCUT2D eigenvalue weighted by Gasteiger charge is -2.40. The van der Waals surface area contributed by atoms with E-state index in [1.165, 1.54) is 12.0 Å². The molecule has 1 aromatic carbocycles. The Morgan fingerprint density at radius 3 is 2.35 bits per heavy atom. The number of hydrogen-bond acceptors (Lipinski definition) is 4. The maximum atomic E-state index is 14.0. The summed E-state index contributed by atoms with van der Waals surface area (Å²) >= 11 is 0. The van der Waals surface area contributed by atoms with Crippen molar-refractivity contribution < 1.29 is 27.8 Å². The predicted octanol–water partition coefficient (Wildman–Crippen LogP) is 3.70. The van der Waals surface area contributed by atoms with Gasteiger partial charge in [0, 0.05) is 13.1 Å². The molecule has 0 bridgehead atoms. The van der Waals surface area contributed by atoms with E-state index in [9.17, 15) is 18.4 Å². The van der Waals surface area contributed by atoms with Crippen LogP contribution in [0.15, 0.2) is 18.2 Å². The van der Waals surface area contributed by atoms with Gasteiger partial charge in [0.25, 0.3) is 0 Å². The summed E-state index contributed by atoms with van der Waals surface area (Å²) < 4.78 is 37.8. The van der Waals surface area contributed by atoms with Crippen LogP contribution in [0, 0.1) is 17.0 Å². The summed E-state index contributed by atoms with van der Waals surface area (Å²) in [5.74, 6) is -1.61. The average molecular weight is 369 g/mol. The molecule has 0 spiro atoms. The number of halogens is 2. The second kappa shape index (κ2) is 7.60. The first-order valence-electron chi connectivity index (χ1n) is 8.57. The molecule has 0 saturated carbocycles. The van der Waals surface area contributed by atoms with Gasteiger partial charge in [0.15, 0.2) is 0 Å². The molecule has 1 aliphatic heterocycles. The van der Waals surface area contributed by atoms with Crippen molar-refractivity contribution in [3.05, 3.63) is 35.4 Å². The molecule has 1 fully saturated rings. The van der Waals surface area contributed by atoms with Gasteiger partial charge in [0.05, 0.1) is 12.5 Å². The lowest BCUT2D eigenvalue weighted by molar-refractivity contribution is -0.156. The van der Waals surface area contributed by atoms with Gasteiger partial charge in [0.1, 0.15) is 17.2 Å². The Morgan fingerprint density at radius 1 is 1.19 bits per heavy atom. The van der Waals surface area contributed by atoms with E-state index in [4.69, 9.17) is 9.47 Å². The number of esters is 1. The molecule has 1 aliphatic rings. The zero-order valence-electron chi connectivity index (χ0n) is 15.6. The molecule has 7 heteroatoms. The molecular weight excluding hydrogens is 344 g/mol. The van der Waals surface area contributed by atoms with Crippen molar-refractivity contribution in [2.24, 2.45) is 5.41 Å². The first-order chi connectivity index (χ1) is 12.1. The fourth-order valence-electron chi connectivity index (χ4n) is 3.16. The topological polar surface area (TPSA) is 55.8 Å². The smallest absolute Gasteiger partial charge is 0.410 e. The van der Waals surface area contributed by atoms with E-state index in [0.717, 1.165) is 18.2 Å². The molecule has 0 atom stereocenters. The molecule has 2 rings (SSSR count). The Bertz CT molecular complexity index is 677. The number of nitrogens with zero attached hydrogens (tertiary/aromatic N) is 1. The van der Waals surface area contributed by atoms with Gasteiger partial charge in [0.2, 0.25) is 0 Å². The lowest BCUT2D eigenvalue weighted by atomic mass is 9.73. The molecule has 1 amide bonds. The summed E-state index contributed by atoms with van der Waals surface area (Å²) in [6.07, 6.45) is 0.141. The van der Waals surface area contributed by atoms with Crippen LogP contribution < -0.4 is 0 Å². The molecule has 144 valence electrons. The Morgan fingerprint density at radius 2 is 1.81 bits per heavy atom. The van der Waals surface area contributed by atoms with Gasteiger partial charge in [-0.05, 0) is 63.8 Å². The first-order valence-corrected chi connectivity index (χ1v) is 8.57. The minimum absolute atomic E-state index is 0.0193. The van der Waals surface area contributed by atoms with E-state index in [1.807, 2.05) is 0 Å². The van der Waals surface area contributed by atoms with Crippen LogP contribution in [0.5, 0.6) is 0 Å². The normalized spacial score (nSPS) is 16.9. The quantitative estimate of drug-likeness (QED) is 0.763. The Kier molecular flexibility index (Phi) is 5.88. The Hall–Kier alpha value is -2.18. The zero-order valence-corrected chi connectivity index (χ0v) is 15.6. The van der Waals surface area contributed by atoms with Gasteiger partial charge in [-0.25, -0.2) is 13.6 Å². The van der Waals surface area contributed by atoms with E-state index in [2.05, 4.69) is 0 Å². The van der Waals surface area contributed by atoms with Crippen molar-refractivity contribution in [3.8, 4) is 0 Å². The number of benzene rings is 1. The predicted molar refractivity (Wildman–Crippen MR) is 91.6 cm³/mol. The summed E-state index contributed by atoms with van der Waals surface area (Å²) in [5.41, 5.74) is -1.48. The number of ether oxygens (including phenoxy) is 2. The second-order valence-corrected chi connectivity index (χ2v) is 7.65. The van der Waals surface area contributed by atoms with Crippen LogP contribution in [-0.4, -0.2) is 42.8 Å². The number of likely N-dealkylation sites (tertiary alicyclic amines) is 1. The van der Waals surface area contributed by atoms with Crippen LogP contribution >= 0.6 is 0 Å². The average Bonchev–Trinajstić information content (AvgIpc) is 2.56. The van der Waals surface area contributed by atoms with Crippen molar-refractivity contribution in [1.82, 2.24) is 4.90 Å². The van der Waals surface area contributed by atoms with Crippen LogP contribution in [0.2, 0.25) is 0 Å². The van der Waals surface area contributed by atoms with Gasteiger partial charge in [-0.15, -0.1) is 0 Å². The van der Waals surface area contributed by atoms with Gasteiger partial charge >= 0.3 is 12.1 Å². The first kappa shape index (κ1) is 20.1. The number of amides is 1. The lowest BCUT2D eigenvalue weighted by Crippen LogP contribution is -2.49. The van der Waals surface area contributed by atoms with Gasteiger partial charge in [-0.2, -0.15) is 0 Å². The maximum absolute atomic E-state index is 14.0. The zero-order chi connectivity index (χ0) is 19.5. The summed E-state index contributed by atoms with van der Waals surface area (Å²) in [7, 11) is 1.27. The standard InChI is InChI=1S/C19H25F2NO4/c1-18(2,3)26-17(24)22-9-7-19(8-10-22,16(23)25-4)12-13-11-14(20)5-6-15(13)21/h5-6,11H,7-10,12H2,1-4H3. The van der Waals surface area contributed by atoms with Crippen molar-refractivity contribution in [3.63, 3.8) is 0 Å². The largest absolute Gasteiger partial charge is 0.469 e. The third kappa shape index (κ3) is 4.71. The number of carbonyl (C=O) groups excluding carboxylic acids is 2. The van der Waals surface area contributed by atoms with Gasteiger partial charge in [-0.1, -0.05) is 0 Å². The summed E-state index contributed by atoms with van der Waals surface area (Å²) in [6.45, 7) is 5.89. The van der Waals surface area contributed by atoms with Crippen LogP contribution in [-0.2, 0) is 20.7 Å². The van der Waals surface area contributed by atoms with E-state index in [-0.39, 0.29) is 37.9 Å². The molecule has 5 nitrogen and oxygen atoms in total. The molecule has 0 aromatic heterocycles.